The number of carbonyl (C=O) groups excluding carboxylic acids is 1. The minimum absolute atomic E-state index is 0.00466. The van der Waals surface area contributed by atoms with Gasteiger partial charge in [-0.15, -0.1) is 0 Å². The number of amides is 1. The van der Waals surface area contributed by atoms with E-state index in [0.717, 1.165) is 51.1 Å². The summed E-state index contributed by atoms with van der Waals surface area (Å²) in [5, 5.41) is 6.37. The van der Waals surface area contributed by atoms with Crippen LogP contribution in [0, 0.1) is 0 Å². The molecular weight excluding hydrogens is 326 g/mol. The van der Waals surface area contributed by atoms with Crippen LogP contribution >= 0.6 is 0 Å². The maximum Gasteiger partial charge on any atom is 0.252 e. The Balaban J connectivity index is 1.92. The van der Waals surface area contributed by atoms with E-state index < -0.39 is 5.60 Å². The van der Waals surface area contributed by atoms with Crippen LogP contribution in [0.1, 0.15) is 50.7 Å². The molecule has 1 fully saturated rings. The summed E-state index contributed by atoms with van der Waals surface area (Å²) in [4.78, 5) is 15.1. The number of benzene rings is 1. The second-order valence-electron chi connectivity index (χ2n) is 7.17. The summed E-state index contributed by atoms with van der Waals surface area (Å²) in [6.07, 6.45) is 3.90. The molecule has 1 aromatic carbocycles. The standard InChI is InChI=1S/C21H35N3O2/c1-4-6-14-24(5-2)17-19-9-7-8-18(15-19)16-23-20(25)21(26-3)10-12-22-13-11-21/h7-9,15,22H,4-6,10-14,16-17H2,1-3H3,(H,23,25). The fraction of sp³-hybridized carbons (Fsp3) is 0.667. The van der Waals surface area contributed by atoms with Gasteiger partial charge in [0.05, 0.1) is 0 Å². The Morgan fingerprint density at radius 1 is 1.27 bits per heavy atom. The van der Waals surface area contributed by atoms with Crippen molar-refractivity contribution in [1.29, 1.82) is 0 Å². The Kier molecular flexibility index (Phi) is 8.55. The van der Waals surface area contributed by atoms with E-state index in [1.54, 1.807) is 7.11 Å². The zero-order chi connectivity index (χ0) is 18.8. The summed E-state index contributed by atoms with van der Waals surface area (Å²) in [6, 6.07) is 8.54. The predicted octanol–water partition coefficient (Wildman–Crippen LogP) is 2.69. The Bertz CT molecular complexity index is 556. The van der Waals surface area contributed by atoms with Gasteiger partial charge in [-0.05, 0) is 56.6 Å². The molecule has 0 radical (unpaired) electrons. The van der Waals surface area contributed by atoms with Crippen LogP contribution in [-0.2, 0) is 22.6 Å². The number of nitrogens with one attached hydrogen (secondary N) is 2. The van der Waals surface area contributed by atoms with E-state index >= 15 is 0 Å². The number of piperidine rings is 1. The van der Waals surface area contributed by atoms with Crippen LogP contribution in [0.3, 0.4) is 0 Å². The highest BCUT2D eigenvalue weighted by molar-refractivity contribution is 5.85. The quantitative estimate of drug-likeness (QED) is 0.673. The molecule has 1 aromatic rings. The zero-order valence-corrected chi connectivity index (χ0v) is 16.6. The van der Waals surface area contributed by atoms with Gasteiger partial charge in [0.2, 0.25) is 0 Å². The summed E-state index contributed by atoms with van der Waals surface area (Å²) < 4.78 is 5.60. The van der Waals surface area contributed by atoms with Gasteiger partial charge in [-0.25, -0.2) is 0 Å². The molecule has 1 saturated heterocycles. The molecule has 2 N–H and O–H groups in total. The lowest BCUT2D eigenvalue weighted by atomic mass is 9.91. The number of unbranched alkanes of at least 4 members (excludes halogenated alkanes) is 1. The van der Waals surface area contributed by atoms with Gasteiger partial charge in [-0.2, -0.15) is 0 Å². The van der Waals surface area contributed by atoms with Crippen molar-refractivity contribution in [1.82, 2.24) is 15.5 Å². The van der Waals surface area contributed by atoms with Crippen LogP contribution in [0.2, 0.25) is 0 Å². The number of rotatable bonds is 10. The average molecular weight is 362 g/mol. The lowest BCUT2D eigenvalue weighted by Crippen LogP contribution is -2.53. The molecule has 0 spiro atoms. The van der Waals surface area contributed by atoms with Crippen molar-refractivity contribution in [3.05, 3.63) is 35.4 Å². The molecule has 146 valence electrons. The Hall–Kier alpha value is -1.43. The lowest BCUT2D eigenvalue weighted by molar-refractivity contribution is -0.146. The van der Waals surface area contributed by atoms with Crippen LogP contribution in [-0.4, -0.2) is 49.7 Å². The van der Waals surface area contributed by atoms with Crippen molar-refractivity contribution in [2.75, 3.05) is 33.3 Å². The topological polar surface area (TPSA) is 53.6 Å². The van der Waals surface area contributed by atoms with Gasteiger partial charge in [0, 0.05) is 20.2 Å². The van der Waals surface area contributed by atoms with Crippen molar-refractivity contribution in [2.45, 2.75) is 58.2 Å². The molecule has 0 saturated carbocycles. The van der Waals surface area contributed by atoms with E-state index in [-0.39, 0.29) is 5.91 Å². The summed E-state index contributed by atoms with van der Waals surface area (Å²) in [5.41, 5.74) is 1.77. The van der Waals surface area contributed by atoms with Gasteiger partial charge >= 0.3 is 0 Å². The molecule has 1 aliphatic heterocycles. The predicted molar refractivity (Wildman–Crippen MR) is 106 cm³/mol. The highest BCUT2D eigenvalue weighted by Gasteiger charge is 2.39. The van der Waals surface area contributed by atoms with E-state index in [1.807, 2.05) is 0 Å². The molecule has 1 aliphatic rings. The van der Waals surface area contributed by atoms with E-state index in [0.29, 0.717) is 6.54 Å². The maximum absolute atomic E-state index is 12.7. The SMILES string of the molecule is CCCCN(CC)Cc1cccc(CNC(=O)C2(OC)CCNCC2)c1. The number of ether oxygens (including phenoxy) is 1. The van der Waals surface area contributed by atoms with Gasteiger partial charge in [-0.1, -0.05) is 44.5 Å². The van der Waals surface area contributed by atoms with Crippen LogP contribution < -0.4 is 10.6 Å². The number of methoxy groups -OCH3 is 1. The van der Waals surface area contributed by atoms with Crippen LogP contribution in [0.25, 0.3) is 0 Å². The fourth-order valence-corrected chi connectivity index (χ4v) is 3.52. The molecule has 0 unspecified atom stereocenters. The number of hydrogen-bond acceptors (Lipinski definition) is 4. The smallest absolute Gasteiger partial charge is 0.252 e. The first kappa shape index (κ1) is 20.9. The van der Waals surface area contributed by atoms with Gasteiger partial charge in [0.1, 0.15) is 5.60 Å². The largest absolute Gasteiger partial charge is 0.368 e. The molecule has 5 heteroatoms. The zero-order valence-electron chi connectivity index (χ0n) is 16.6. The lowest BCUT2D eigenvalue weighted by Gasteiger charge is -2.34. The minimum atomic E-state index is -0.679. The molecule has 0 aliphatic carbocycles. The van der Waals surface area contributed by atoms with Gasteiger partial charge in [-0.3, -0.25) is 9.69 Å². The minimum Gasteiger partial charge on any atom is -0.368 e. The van der Waals surface area contributed by atoms with E-state index in [1.165, 1.54) is 18.4 Å². The van der Waals surface area contributed by atoms with Crippen molar-refractivity contribution >= 4 is 5.91 Å². The first-order valence-corrected chi connectivity index (χ1v) is 9.98. The Morgan fingerprint density at radius 2 is 2.00 bits per heavy atom. The third kappa shape index (κ3) is 5.79. The second kappa shape index (κ2) is 10.7. The summed E-state index contributed by atoms with van der Waals surface area (Å²) in [7, 11) is 1.64. The average Bonchev–Trinajstić information content (AvgIpc) is 2.70. The summed E-state index contributed by atoms with van der Waals surface area (Å²) >= 11 is 0. The highest BCUT2D eigenvalue weighted by Crippen LogP contribution is 2.22. The van der Waals surface area contributed by atoms with Crippen molar-refractivity contribution in [3.8, 4) is 0 Å². The van der Waals surface area contributed by atoms with E-state index in [9.17, 15) is 4.79 Å². The third-order valence-corrected chi connectivity index (χ3v) is 5.34. The summed E-state index contributed by atoms with van der Waals surface area (Å²) in [6.45, 7) is 9.79. The molecule has 1 heterocycles. The van der Waals surface area contributed by atoms with Gasteiger partial charge in [0.25, 0.3) is 5.91 Å². The Morgan fingerprint density at radius 3 is 2.65 bits per heavy atom. The molecule has 0 bridgehead atoms. The highest BCUT2D eigenvalue weighted by atomic mass is 16.5. The van der Waals surface area contributed by atoms with E-state index in [2.05, 4.69) is 53.6 Å². The number of carbonyl (C=O) groups is 1. The van der Waals surface area contributed by atoms with Gasteiger partial charge < -0.3 is 15.4 Å². The second-order valence-corrected chi connectivity index (χ2v) is 7.17. The van der Waals surface area contributed by atoms with Crippen LogP contribution in [0.15, 0.2) is 24.3 Å². The fourth-order valence-electron chi connectivity index (χ4n) is 3.52. The maximum atomic E-state index is 12.7. The first-order valence-electron chi connectivity index (χ1n) is 9.98. The molecule has 2 rings (SSSR count). The normalized spacial score (nSPS) is 16.6. The molecule has 1 amide bonds. The number of nitrogens with zero attached hydrogens (tertiary/aromatic N) is 1. The number of hydrogen-bond donors (Lipinski definition) is 2. The molecule has 0 atom stereocenters. The monoisotopic (exact) mass is 361 g/mol. The van der Waals surface area contributed by atoms with E-state index in [4.69, 9.17) is 4.74 Å². The molecule has 0 aromatic heterocycles. The van der Waals surface area contributed by atoms with Crippen molar-refractivity contribution in [2.24, 2.45) is 0 Å². The summed E-state index contributed by atoms with van der Waals surface area (Å²) in [5.74, 6) is 0.00466. The molecule has 26 heavy (non-hydrogen) atoms. The third-order valence-electron chi connectivity index (χ3n) is 5.34. The Labute approximate surface area is 158 Å². The van der Waals surface area contributed by atoms with Crippen molar-refractivity contribution < 1.29 is 9.53 Å². The van der Waals surface area contributed by atoms with Crippen LogP contribution in [0.4, 0.5) is 0 Å². The first-order chi connectivity index (χ1) is 12.6. The van der Waals surface area contributed by atoms with Crippen LogP contribution in [0.5, 0.6) is 0 Å². The molecule has 5 nitrogen and oxygen atoms in total. The van der Waals surface area contributed by atoms with Crippen molar-refractivity contribution in [3.63, 3.8) is 0 Å². The molecular formula is C21H35N3O2. The van der Waals surface area contributed by atoms with Gasteiger partial charge in [0.15, 0.2) is 0 Å².